The number of anilines is 1. The first-order valence-corrected chi connectivity index (χ1v) is 6.54. The minimum absolute atomic E-state index is 0.0880. The number of ether oxygens (including phenoxy) is 1. The Morgan fingerprint density at radius 2 is 2.40 bits per heavy atom. The van der Waals surface area contributed by atoms with Crippen molar-refractivity contribution in [2.45, 2.75) is 19.4 Å². The second kappa shape index (κ2) is 6.94. The third-order valence-electron chi connectivity index (χ3n) is 3.05. The maximum Gasteiger partial charge on any atom is 0.319 e. The highest BCUT2D eigenvalue weighted by molar-refractivity contribution is 5.90. The number of aliphatic hydroxyl groups excluding tert-OH is 1. The summed E-state index contributed by atoms with van der Waals surface area (Å²) in [6.45, 7) is 3.01. The third-order valence-corrected chi connectivity index (χ3v) is 3.05. The quantitative estimate of drug-likeness (QED) is 0.711. The summed E-state index contributed by atoms with van der Waals surface area (Å²) >= 11 is 0. The first kappa shape index (κ1) is 14.4. The molecule has 2 rings (SSSR count). The van der Waals surface area contributed by atoms with E-state index in [1.54, 1.807) is 6.07 Å². The molecule has 1 atom stereocenters. The average Bonchev–Trinajstić information content (AvgIpc) is 2.92. The van der Waals surface area contributed by atoms with Gasteiger partial charge in [0.2, 0.25) is 0 Å². The lowest BCUT2D eigenvalue weighted by Crippen LogP contribution is -2.38. The summed E-state index contributed by atoms with van der Waals surface area (Å²) in [5.41, 5.74) is 2.48. The monoisotopic (exact) mass is 274 g/mol. The maximum atomic E-state index is 11.8. The molecular weight excluding hydrogens is 256 g/mol. The molecule has 0 aromatic heterocycles. The van der Waals surface area contributed by atoms with Crippen LogP contribution in [-0.4, -0.2) is 37.0 Å². The number of urea groups is 1. The number of aliphatic hydroxyl groups is 1. The molecule has 0 bridgehead atoms. The third kappa shape index (κ3) is 3.98. The van der Waals surface area contributed by atoms with Gasteiger partial charge in [-0.25, -0.2) is 4.79 Å². The molecule has 0 saturated carbocycles. The molecule has 1 unspecified atom stereocenters. The second-order valence-electron chi connectivity index (χ2n) is 4.65. The molecule has 106 valence electrons. The number of hydrogen-bond acceptors (Lipinski definition) is 3. The van der Waals surface area contributed by atoms with Crippen LogP contribution in [-0.2, 0) is 4.74 Å². The van der Waals surface area contributed by atoms with Crippen molar-refractivity contribution in [3.05, 3.63) is 29.3 Å². The molecule has 2 amide bonds. The molecular formula is C15H18N2O3. The van der Waals surface area contributed by atoms with Crippen LogP contribution in [0, 0.1) is 18.8 Å². The van der Waals surface area contributed by atoms with Crippen molar-refractivity contribution in [3.63, 3.8) is 0 Å². The Labute approximate surface area is 118 Å². The minimum Gasteiger partial charge on any atom is -0.384 e. The molecule has 3 N–H and O–H groups in total. The van der Waals surface area contributed by atoms with E-state index in [9.17, 15) is 4.79 Å². The van der Waals surface area contributed by atoms with Crippen LogP contribution in [0.1, 0.15) is 17.5 Å². The fraction of sp³-hybridized carbons (Fsp3) is 0.400. The molecule has 5 heteroatoms. The van der Waals surface area contributed by atoms with Crippen molar-refractivity contribution in [1.82, 2.24) is 5.32 Å². The summed E-state index contributed by atoms with van der Waals surface area (Å²) in [5.74, 6) is 5.42. The van der Waals surface area contributed by atoms with Crippen LogP contribution in [0.15, 0.2) is 18.2 Å². The highest BCUT2D eigenvalue weighted by atomic mass is 16.5. The van der Waals surface area contributed by atoms with Crippen LogP contribution in [0.4, 0.5) is 10.5 Å². The van der Waals surface area contributed by atoms with E-state index in [4.69, 9.17) is 9.84 Å². The Hall–Kier alpha value is -2.03. The van der Waals surface area contributed by atoms with Gasteiger partial charge in [0, 0.05) is 17.9 Å². The van der Waals surface area contributed by atoms with E-state index < -0.39 is 0 Å². The topological polar surface area (TPSA) is 70.6 Å². The van der Waals surface area contributed by atoms with Gasteiger partial charge in [-0.2, -0.15) is 0 Å². The number of rotatable bonds is 2. The number of carbonyl (C=O) groups is 1. The number of amides is 2. The summed E-state index contributed by atoms with van der Waals surface area (Å²) in [4.78, 5) is 11.8. The van der Waals surface area contributed by atoms with Gasteiger partial charge in [-0.3, -0.25) is 0 Å². The normalized spacial score (nSPS) is 17.2. The number of nitrogens with one attached hydrogen (secondary N) is 2. The average molecular weight is 274 g/mol. The van der Waals surface area contributed by atoms with Crippen LogP contribution in [0.2, 0.25) is 0 Å². The van der Waals surface area contributed by atoms with Gasteiger partial charge in [0.1, 0.15) is 6.61 Å². The zero-order valence-electron chi connectivity index (χ0n) is 11.4. The number of benzene rings is 1. The molecule has 1 heterocycles. The van der Waals surface area contributed by atoms with E-state index in [1.807, 2.05) is 19.1 Å². The lowest BCUT2D eigenvalue weighted by atomic mass is 10.1. The SMILES string of the molecule is Cc1cc(C#CCO)ccc1NC(=O)NC1CCOC1. The molecule has 1 aliphatic heterocycles. The minimum atomic E-state index is -0.224. The van der Waals surface area contributed by atoms with Crippen LogP contribution in [0.3, 0.4) is 0 Å². The van der Waals surface area contributed by atoms with E-state index in [0.717, 1.165) is 23.2 Å². The van der Waals surface area contributed by atoms with E-state index >= 15 is 0 Å². The summed E-state index contributed by atoms with van der Waals surface area (Å²) in [6, 6.07) is 5.35. The standard InChI is InChI=1S/C15H18N2O3/c1-11-9-12(3-2-7-18)4-5-14(11)17-15(19)16-13-6-8-20-10-13/h4-5,9,13,18H,6-8,10H2,1H3,(H2,16,17,19). The Morgan fingerprint density at radius 1 is 1.55 bits per heavy atom. The second-order valence-corrected chi connectivity index (χ2v) is 4.65. The van der Waals surface area contributed by atoms with Crippen molar-refractivity contribution in [3.8, 4) is 11.8 Å². The van der Waals surface area contributed by atoms with Gasteiger partial charge in [-0.1, -0.05) is 11.8 Å². The molecule has 1 fully saturated rings. The number of aryl methyl sites for hydroxylation is 1. The Balaban J connectivity index is 1.96. The zero-order chi connectivity index (χ0) is 14.4. The van der Waals surface area contributed by atoms with Crippen molar-refractivity contribution in [2.24, 2.45) is 0 Å². The van der Waals surface area contributed by atoms with E-state index in [1.165, 1.54) is 0 Å². The van der Waals surface area contributed by atoms with Gasteiger partial charge >= 0.3 is 6.03 Å². The number of carbonyl (C=O) groups excluding carboxylic acids is 1. The van der Waals surface area contributed by atoms with Gasteiger partial charge in [0.15, 0.2) is 0 Å². The summed E-state index contributed by atoms with van der Waals surface area (Å²) < 4.78 is 5.21. The summed E-state index contributed by atoms with van der Waals surface area (Å²) in [5, 5.41) is 14.3. The molecule has 5 nitrogen and oxygen atoms in total. The van der Waals surface area contributed by atoms with Gasteiger partial charge in [-0.05, 0) is 37.1 Å². The first-order chi connectivity index (χ1) is 9.69. The molecule has 1 aromatic rings. The number of hydrogen-bond donors (Lipinski definition) is 3. The summed E-state index contributed by atoms with van der Waals surface area (Å²) in [6.07, 6.45) is 0.849. The zero-order valence-corrected chi connectivity index (χ0v) is 11.4. The summed E-state index contributed by atoms with van der Waals surface area (Å²) in [7, 11) is 0. The first-order valence-electron chi connectivity index (χ1n) is 6.54. The fourth-order valence-electron chi connectivity index (χ4n) is 2.02. The molecule has 0 radical (unpaired) electrons. The fourth-order valence-corrected chi connectivity index (χ4v) is 2.02. The van der Waals surface area contributed by atoms with Crippen LogP contribution in [0.5, 0.6) is 0 Å². The predicted molar refractivity (Wildman–Crippen MR) is 76.5 cm³/mol. The maximum absolute atomic E-state index is 11.8. The Bertz CT molecular complexity index is 540. The molecule has 1 aromatic carbocycles. The molecule has 0 aliphatic carbocycles. The van der Waals surface area contributed by atoms with Crippen molar-refractivity contribution in [2.75, 3.05) is 25.1 Å². The Morgan fingerprint density at radius 3 is 3.05 bits per heavy atom. The lowest BCUT2D eigenvalue weighted by Gasteiger charge is -2.13. The van der Waals surface area contributed by atoms with Gasteiger partial charge < -0.3 is 20.5 Å². The lowest BCUT2D eigenvalue weighted by molar-refractivity contribution is 0.189. The van der Waals surface area contributed by atoms with Crippen LogP contribution in [0.25, 0.3) is 0 Å². The van der Waals surface area contributed by atoms with Gasteiger partial charge in [-0.15, -0.1) is 0 Å². The Kier molecular flexibility index (Phi) is 4.99. The van der Waals surface area contributed by atoms with Gasteiger partial charge in [0.05, 0.1) is 12.6 Å². The highest BCUT2D eigenvalue weighted by Crippen LogP contribution is 2.16. The van der Waals surface area contributed by atoms with Crippen LogP contribution < -0.4 is 10.6 Å². The van der Waals surface area contributed by atoms with Crippen molar-refractivity contribution in [1.29, 1.82) is 0 Å². The highest BCUT2D eigenvalue weighted by Gasteiger charge is 2.17. The largest absolute Gasteiger partial charge is 0.384 e. The van der Waals surface area contributed by atoms with Gasteiger partial charge in [0.25, 0.3) is 0 Å². The predicted octanol–water partition coefficient (Wildman–Crippen LogP) is 1.25. The molecule has 1 aliphatic rings. The molecule has 1 saturated heterocycles. The van der Waals surface area contributed by atoms with Crippen molar-refractivity contribution >= 4 is 11.7 Å². The molecule has 20 heavy (non-hydrogen) atoms. The van der Waals surface area contributed by atoms with Crippen molar-refractivity contribution < 1.29 is 14.6 Å². The smallest absolute Gasteiger partial charge is 0.319 e. The van der Waals surface area contributed by atoms with Crippen LogP contribution >= 0.6 is 0 Å². The van der Waals surface area contributed by atoms with E-state index in [-0.39, 0.29) is 18.7 Å². The van der Waals surface area contributed by atoms with E-state index in [2.05, 4.69) is 22.5 Å². The molecule has 0 spiro atoms. The van der Waals surface area contributed by atoms with E-state index in [0.29, 0.717) is 13.2 Å².